The number of pyridine rings is 1. The van der Waals surface area contributed by atoms with Crippen molar-refractivity contribution in [3.63, 3.8) is 0 Å². The Bertz CT molecular complexity index is 1560. The summed E-state index contributed by atoms with van der Waals surface area (Å²) in [7, 11) is 0. The van der Waals surface area contributed by atoms with Crippen LogP contribution in [0.2, 0.25) is 0 Å². The van der Waals surface area contributed by atoms with Crippen LogP contribution in [-0.4, -0.2) is 62.5 Å². The number of nitrogen functional groups attached to an aromatic ring is 1. The maximum Gasteiger partial charge on any atom is 0.295 e. The van der Waals surface area contributed by atoms with Crippen LogP contribution in [0.1, 0.15) is 70.2 Å². The van der Waals surface area contributed by atoms with Gasteiger partial charge in [0.05, 0.1) is 29.3 Å². The zero-order valence-corrected chi connectivity index (χ0v) is 20.1. The molecule has 0 bridgehead atoms. The Morgan fingerprint density at radius 3 is 2.92 bits per heavy atom. The van der Waals surface area contributed by atoms with Crippen molar-refractivity contribution < 1.29 is 14.7 Å². The van der Waals surface area contributed by atoms with E-state index in [2.05, 4.69) is 25.3 Å². The molecule has 5 heterocycles. The fraction of sp³-hybridized carbons (Fsp3) is 0.320. The highest BCUT2D eigenvalue weighted by Gasteiger charge is 2.29. The van der Waals surface area contributed by atoms with Gasteiger partial charge in [0.25, 0.3) is 5.91 Å². The number of ketones is 1. The Hall–Kier alpha value is -4.45. The Balaban J connectivity index is 1.34. The van der Waals surface area contributed by atoms with Crippen LogP contribution in [0.15, 0.2) is 37.1 Å². The summed E-state index contributed by atoms with van der Waals surface area (Å²) in [5, 5.41) is 20.9. The number of fused-ring (bicyclic) bond motifs is 2. The molecular weight excluding hydrogens is 474 g/mol. The molecular formula is C25H25N9O3. The minimum absolute atomic E-state index is 0.117. The highest BCUT2D eigenvalue weighted by Crippen LogP contribution is 2.34. The number of aliphatic hydroxyl groups is 1. The Labute approximate surface area is 211 Å². The van der Waals surface area contributed by atoms with Crippen LogP contribution in [-0.2, 0) is 12.8 Å². The zero-order valence-electron chi connectivity index (χ0n) is 20.1. The van der Waals surface area contributed by atoms with Crippen LogP contribution in [0.4, 0.5) is 5.82 Å². The number of nitrogens with one attached hydrogen (secondary N) is 1. The fourth-order valence-corrected chi connectivity index (χ4v) is 5.22. The number of aliphatic hydroxyl groups excluding tert-OH is 1. The number of carbonyl (C=O) groups is 2. The van der Waals surface area contributed by atoms with E-state index in [0.717, 1.165) is 23.1 Å². The normalized spacial score (nSPS) is 18.6. The molecule has 12 nitrogen and oxygen atoms in total. The number of H-pyrrole nitrogens is 1. The topological polar surface area (TPSA) is 168 Å². The van der Waals surface area contributed by atoms with E-state index in [0.29, 0.717) is 48.3 Å². The summed E-state index contributed by atoms with van der Waals surface area (Å²) < 4.78 is 1.48. The second kappa shape index (κ2) is 8.89. The third kappa shape index (κ3) is 3.85. The molecule has 6 rings (SSSR count). The lowest BCUT2D eigenvalue weighted by molar-refractivity contribution is 0.0767. The lowest BCUT2D eigenvalue weighted by Crippen LogP contribution is -2.34. The molecule has 0 saturated heterocycles. The van der Waals surface area contributed by atoms with E-state index in [4.69, 9.17) is 10.7 Å². The highest BCUT2D eigenvalue weighted by atomic mass is 16.3. The molecule has 37 heavy (non-hydrogen) atoms. The number of hydrogen-bond donors (Lipinski definition) is 3. The van der Waals surface area contributed by atoms with E-state index < -0.39 is 6.10 Å². The highest BCUT2D eigenvalue weighted by molar-refractivity contribution is 6.00. The quantitative estimate of drug-likeness (QED) is 0.336. The van der Waals surface area contributed by atoms with Gasteiger partial charge >= 0.3 is 0 Å². The Morgan fingerprint density at radius 1 is 1.27 bits per heavy atom. The van der Waals surface area contributed by atoms with Crippen molar-refractivity contribution in [3.8, 4) is 11.1 Å². The number of nitrogens with zero attached hydrogens (tertiary/aromatic N) is 7. The van der Waals surface area contributed by atoms with E-state index in [-0.39, 0.29) is 29.4 Å². The van der Waals surface area contributed by atoms with E-state index in [1.54, 1.807) is 23.5 Å². The number of aromatic amines is 1. The summed E-state index contributed by atoms with van der Waals surface area (Å²) >= 11 is 0. The summed E-state index contributed by atoms with van der Waals surface area (Å²) in [6.07, 6.45) is 10.9. The van der Waals surface area contributed by atoms with Crippen molar-refractivity contribution in [2.45, 2.75) is 51.2 Å². The zero-order chi connectivity index (χ0) is 25.7. The van der Waals surface area contributed by atoms with Gasteiger partial charge in [-0.15, -0.1) is 0 Å². The molecule has 0 fully saturated rings. The van der Waals surface area contributed by atoms with Crippen molar-refractivity contribution in [3.05, 3.63) is 65.4 Å². The molecule has 188 valence electrons. The fourth-order valence-electron chi connectivity index (χ4n) is 5.22. The SMILES string of the molecule is CC(=O)c1c(CCC2CC=CN2C(=O)c2ncn[nH]2)nc2c(-c3cnc4c(c3)CCC4O)cnn2c1N. The van der Waals surface area contributed by atoms with Crippen LogP contribution in [0, 0.1) is 0 Å². The predicted molar refractivity (Wildman–Crippen MR) is 132 cm³/mol. The van der Waals surface area contributed by atoms with Crippen molar-refractivity contribution in [2.75, 3.05) is 5.73 Å². The van der Waals surface area contributed by atoms with Crippen molar-refractivity contribution in [1.29, 1.82) is 0 Å². The second-order valence-electron chi connectivity index (χ2n) is 9.35. The van der Waals surface area contributed by atoms with Gasteiger partial charge in [-0.1, -0.05) is 6.08 Å². The van der Waals surface area contributed by atoms with Gasteiger partial charge in [0.2, 0.25) is 5.82 Å². The van der Waals surface area contributed by atoms with Crippen LogP contribution < -0.4 is 5.73 Å². The minimum Gasteiger partial charge on any atom is -0.387 e. The van der Waals surface area contributed by atoms with E-state index in [1.165, 1.54) is 17.8 Å². The molecule has 2 atom stereocenters. The number of carbonyl (C=O) groups excluding carboxylic acids is 2. The lowest BCUT2D eigenvalue weighted by atomic mass is 10.0. The molecule has 1 aliphatic carbocycles. The summed E-state index contributed by atoms with van der Waals surface area (Å²) in [5.74, 6) is -0.0730. The van der Waals surface area contributed by atoms with Gasteiger partial charge in [-0.05, 0) is 50.7 Å². The van der Waals surface area contributed by atoms with Crippen LogP contribution >= 0.6 is 0 Å². The molecule has 1 aliphatic heterocycles. The first kappa shape index (κ1) is 23.0. The summed E-state index contributed by atoms with van der Waals surface area (Å²) in [6.45, 7) is 1.46. The number of aromatic nitrogens is 7. The monoisotopic (exact) mass is 499 g/mol. The van der Waals surface area contributed by atoms with Gasteiger partial charge in [0.1, 0.15) is 12.1 Å². The number of hydrogen-bond acceptors (Lipinski definition) is 9. The third-order valence-electron chi connectivity index (χ3n) is 7.06. The molecule has 1 amide bonds. The number of aryl methyl sites for hydroxylation is 2. The van der Waals surface area contributed by atoms with Gasteiger partial charge < -0.3 is 15.7 Å². The van der Waals surface area contributed by atoms with Crippen molar-refractivity contribution >= 4 is 23.2 Å². The van der Waals surface area contributed by atoms with E-state index in [9.17, 15) is 14.7 Å². The first-order valence-electron chi connectivity index (χ1n) is 12.1. The number of Topliss-reactive ketones (excluding diaryl/α,β-unsaturated/α-hetero) is 1. The third-order valence-corrected chi connectivity index (χ3v) is 7.06. The molecule has 12 heteroatoms. The maximum absolute atomic E-state index is 12.8. The molecule has 0 saturated carbocycles. The molecule has 0 spiro atoms. The Morgan fingerprint density at radius 2 is 2.14 bits per heavy atom. The predicted octanol–water partition coefficient (Wildman–Crippen LogP) is 2.03. The molecule has 2 aliphatic rings. The number of anilines is 1. The average Bonchev–Trinajstić information content (AvgIpc) is 3.69. The second-order valence-corrected chi connectivity index (χ2v) is 9.35. The Kier molecular flexibility index (Phi) is 5.52. The smallest absolute Gasteiger partial charge is 0.295 e. The molecule has 0 radical (unpaired) electrons. The van der Waals surface area contributed by atoms with Gasteiger partial charge in [-0.2, -0.15) is 14.7 Å². The number of rotatable bonds is 6. The lowest BCUT2D eigenvalue weighted by Gasteiger charge is -2.23. The van der Waals surface area contributed by atoms with Crippen molar-refractivity contribution in [1.82, 2.24) is 39.7 Å². The molecule has 2 unspecified atom stereocenters. The van der Waals surface area contributed by atoms with Gasteiger partial charge in [-0.25, -0.2) is 9.97 Å². The van der Waals surface area contributed by atoms with E-state index >= 15 is 0 Å². The van der Waals surface area contributed by atoms with E-state index in [1.807, 2.05) is 12.1 Å². The maximum atomic E-state index is 12.8. The molecule has 4 N–H and O–H groups in total. The molecule has 4 aromatic heterocycles. The first-order chi connectivity index (χ1) is 17.9. The van der Waals surface area contributed by atoms with Crippen LogP contribution in [0.25, 0.3) is 16.8 Å². The van der Waals surface area contributed by atoms with Crippen LogP contribution in [0.5, 0.6) is 0 Å². The largest absolute Gasteiger partial charge is 0.387 e. The summed E-state index contributed by atoms with van der Waals surface area (Å²) in [5.41, 5.74) is 11.1. The molecule has 0 aromatic carbocycles. The van der Waals surface area contributed by atoms with Gasteiger partial charge in [0, 0.05) is 29.6 Å². The average molecular weight is 500 g/mol. The summed E-state index contributed by atoms with van der Waals surface area (Å²) in [6, 6.07) is 1.89. The standard InChI is InChI=1S/C25H25N9O3/c1-13(35)20-18(6-5-16-3-2-8-33(16)25(37)23-28-12-29-32-23)31-24-17(11-30-34(24)22(20)26)15-9-14-4-7-19(36)21(14)27-10-15/h2,8-12,16,19,36H,3-7,26H2,1H3,(H,28,29,32). The van der Waals surface area contributed by atoms with Gasteiger partial charge in [-0.3, -0.25) is 19.7 Å². The summed E-state index contributed by atoms with van der Waals surface area (Å²) in [4.78, 5) is 40.3. The van der Waals surface area contributed by atoms with Gasteiger partial charge in [0.15, 0.2) is 11.4 Å². The molecule has 4 aromatic rings. The van der Waals surface area contributed by atoms with Crippen molar-refractivity contribution in [2.24, 2.45) is 0 Å². The van der Waals surface area contributed by atoms with Crippen LogP contribution in [0.3, 0.4) is 0 Å². The minimum atomic E-state index is -0.535. The number of nitrogens with two attached hydrogens (primary N) is 1. The number of amides is 1. The first-order valence-corrected chi connectivity index (χ1v) is 12.1.